The number of pyridine rings is 2. The minimum Gasteiger partial charge on any atom is -0.392 e. The number of hydrogen-bond donors (Lipinski definition) is 2. The summed E-state index contributed by atoms with van der Waals surface area (Å²) in [5, 5.41) is 17.7. The number of rotatable bonds is 7. The van der Waals surface area contributed by atoms with Gasteiger partial charge in [0.1, 0.15) is 0 Å². The number of nitrogens with zero attached hydrogens (tertiary/aromatic N) is 5. The molecule has 0 unspecified atom stereocenters. The molecule has 8 nitrogen and oxygen atoms in total. The van der Waals surface area contributed by atoms with E-state index in [1.807, 2.05) is 77.9 Å². The van der Waals surface area contributed by atoms with Crippen molar-refractivity contribution < 1.29 is 9.90 Å². The summed E-state index contributed by atoms with van der Waals surface area (Å²) in [6, 6.07) is 21.3. The Morgan fingerprint density at radius 1 is 0.829 bits per heavy atom. The lowest BCUT2D eigenvalue weighted by atomic mass is 10.0. The molecule has 1 saturated heterocycles. The number of carbonyl (C=O) groups is 1. The number of hydrazine groups is 1. The summed E-state index contributed by atoms with van der Waals surface area (Å²) < 4.78 is 1.66. The van der Waals surface area contributed by atoms with E-state index in [1.165, 1.54) is 0 Å². The molecule has 0 spiro atoms. The number of halogens is 1. The minimum absolute atomic E-state index is 0.164. The van der Waals surface area contributed by atoms with Gasteiger partial charge in [-0.3, -0.25) is 20.2 Å². The molecule has 2 aromatic carbocycles. The van der Waals surface area contributed by atoms with E-state index in [2.05, 4.69) is 15.4 Å². The van der Waals surface area contributed by atoms with Crippen molar-refractivity contribution >= 4 is 17.5 Å². The molecule has 2 N–H and O–H groups in total. The molecule has 0 aliphatic carbocycles. The van der Waals surface area contributed by atoms with Gasteiger partial charge in [-0.1, -0.05) is 60.5 Å². The second-order valence-electron chi connectivity index (χ2n) is 9.96. The van der Waals surface area contributed by atoms with Gasteiger partial charge < -0.3 is 5.11 Å². The fourth-order valence-electron chi connectivity index (χ4n) is 5.20. The Morgan fingerprint density at radius 2 is 1.46 bits per heavy atom. The van der Waals surface area contributed by atoms with E-state index in [0.717, 1.165) is 60.2 Å². The Balaban J connectivity index is 1.45. The van der Waals surface area contributed by atoms with E-state index in [9.17, 15) is 9.90 Å². The zero-order valence-corrected chi connectivity index (χ0v) is 23.1. The topological polar surface area (TPSA) is 96.2 Å². The predicted molar refractivity (Wildman–Crippen MR) is 159 cm³/mol. The molecule has 1 amide bonds. The first-order valence-electron chi connectivity index (χ1n) is 13.6. The quantitative estimate of drug-likeness (QED) is 0.254. The Hall–Kier alpha value is -4.37. The van der Waals surface area contributed by atoms with Crippen molar-refractivity contribution in [3.8, 4) is 39.2 Å². The first kappa shape index (κ1) is 26.8. The molecule has 4 heterocycles. The van der Waals surface area contributed by atoms with Gasteiger partial charge in [0.05, 0.1) is 23.0 Å². The number of piperidine rings is 1. The Morgan fingerprint density at radius 3 is 2.07 bits per heavy atom. The van der Waals surface area contributed by atoms with Crippen LogP contribution in [0.25, 0.3) is 39.2 Å². The molecule has 1 aliphatic heterocycles. The molecule has 41 heavy (non-hydrogen) atoms. The summed E-state index contributed by atoms with van der Waals surface area (Å²) in [6.45, 7) is 1.20. The van der Waals surface area contributed by atoms with E-state index >= 15 is 0 Å². The molecular weight excluding hydrogens is 536 g/mol. The van der Waals surface area contributed by atoms with Gasteiger partial charge in [0.25, 0.3) is 5.91 Å². The molecule has 0 atom stereocenters. The van der Waals surface area contributed by atoms with Crippen molar-refractivity contribution in [3.05, 3.63) is 108 Å². The number of aliphatic hydroxyl groups is 1. The van der Waals surface area contributed by atoms with E-state index in [0.29, 0.717) is 22.0 Å². The molecule has 1 fully saturated rings. The lowest BCUT2D eigenvalue weighted by Crippen LogP contribution is -2.45. The number of benzene rings is 2. The lowest BCUT2D eigenvalue weighted by Gasteiger charge is -2.26. The van der Waals surface area contributed by atoms with E-state index < -0.39 is 0 Å². The maximum atomic E-state index is 13.5. The number of amides is 1. The summed E-state index contributed by atoms with van der Waals surface area (Å²) in [5.74, 6) is -0.356. The molecule has 9 heteroatoms. The molecular formula is C32H29ClN6O2. The first-order chi connectivity index (χ1) is 20.1. The average Bonchev–Trinajstić information content (AvgIpc) is 3.42. The highest BCUT2D eigenvalue weighted by Gasteiger charge is 2.27. The van der Waals surface area contributed by atoms with Crippen molar-refractivity contribution in [1.29, 1.82) is 0 Å². The number of carbonyl (C=O) groups excluding carboxylic acids is 1. The monoisotopic (exact) mass is 564 g/mol. The largest absolute Gasteiger partial charge is 0.392 e. The highest BCUT2D eigenvalue weighted by atomic mass is 35.5. The fourth-order valence-corrected chi connectivity index (χ4v) is 5.46. The van der Waals surface area contributed by atoms with Gasteiger partial charge >= 0.3 is 0 Å². The van der Waals surface area contributed by atoms with Crippen LogP contribution in [-0.2, 0) is 6.61 Å². The van der Waals surface area contributed by atoms with Crippen LogP contribution in [0.1, 0.15) is 35.3 Å². The maximum absolute atomic E-state index is 13.5. The van der Waals surface area contributed by atoms with Gasteiger partial charge in [-0.25, -0.2) is 9.69 Å². The Bertz CT molecular complexity index is 1650. The highest BCUT2D eigenvalue weighted by molar-refractivity contribution is 6.32. The average molecular weight is 565 g/mol. The number of hydrogen-bond acceptors (Lipinski definition) is 6. The third kappa shape index (κ3) is 5.63. The standard InChI is InChI=1S/C32H29ClN6O2/c33-28-18-24(26-7-5-15-35-20-26)12-13-29(28)39-31(23-10-8-22(9-11-23)25-6-4-14-34-19-25)27(21-40)30(36-39)32(41)37-38-16-2-1-3-17-38/h4-15,18-20,40H,1-3,16-17,21H2,(H,37,41). The van der Waals surface area contributed by atoms with Gasteiger partial charge in [0, 0.05) is 54.6 Å². The molecule has 0 radical (unpaired) electrons. The predicted octanol–water partition coefficient (Wildman–Crippen LogP) is 5.94. The van der Waals surface area contributed by atoms with E-state index in [-0.39, 0.29) is 18.2 Å². The van der Waals surface area contributed by atoms with Crippen molar-refractivity contribution in [1.82, 2.24) is 30.2 Å². The summed E-state index contributed by atoms with van der Waals surface area (Å²) in [6.07, 6.45) is 10.2. The number of nitrogens with one attached hydrogen (secondary N) is 1. The Kier molecular flexibility index (Phi) is 7.86. The van der Waals surface area contributed by atoms with Crippen molar-refractivity contribution in [2.45, 2.75) is 25.9 Å². The lowest BCUT2D eigenvalue weighted by molar-refractivity contribution is 0.0741. The summed E-state index contributed by atoms with van der Waals surface area (Å²) in [7, 11) is 0. The van der Waals surface area contributed by atoms with Crippen LogP contribution in [0.2, 0.25) is 5.02 Å². The molecule has 0 saturated carbocycles. The van der Waals surface area contributed by atoms with E-state index in [4.69, 9.17) is 16.7 Å². The normalized spacial score (nSPS) is 13.7. The summed E-state index contributed by atoms with van der Waals surface area (Å²) in [5.41, 5.74) is 9.41. The Labute approximate surface area is 243 Å². The second kappa shape index (κ2) is 12.0. The zero-order chi connectivity index (χ0) is 28.2. The summed E-state index contributed by atoms with van der Waals surface area (Å²) in [4.78, 5) is 21.9. The van der Waals surface area contributed by atoms with Gasteiger partial charge in [0.15, 0.2) is 5.69 Å². The van der Waals surface area contributed by atoms with Gasteiger partial charge in [-0.2, -0.15) is 5.10 Å². The minimum atomic E-state index is -0.367. The van der Waals surface area contributed by atoms with Crippen LogP contribution in [0.4, 0.5) is 0 Å². The van der Waals surface area contributed by atoms with Crippen LogP contribution in [0.5, 0.6) is 0 Å². The summed E-state index contributed by atoms with van der Waals surface area (Å²) >= 11 is 6.86. The first-order valence-corrected chi connectivity index (χ1v) is 14.0. The van der Waals surface area contributed by atoms with Crippen molar-refractivity contribution in [2.75, 3.05) is 13.1 Å². The molecule has 5 aromatic rings. The zero-order valence-electron chi connectivity index (χ0n) is 22.4. The number of aliphatic hydroxyl groups excluding tert-OH is 1. The van der Waals surface area contributed by atoms with Crippen LogP contribution >= 0.6 is 11.6 Å². The molecule has 0 bridgehead atoms. The van der Waals surface area contributed by atoms with Crippen molar-refractivity contribution in [2.24, 2.45) is 0 Å². The SMILES string of the molecule is O=C(NN1CCCCC1)c1nn(-c2ccc(-c3cccnc3)cc2Cl)c(-c2ccc(-c3cccnc3)cc2)c1CO. The van der Waals surface area contributed by atoms with Crippen LogP contribution < -0.4 is 5.43 Å². The highest BCUT2D eigenvalue weighted by Crippen LogP contribution is 2.35. The van der Waals surface area contributed by atoms with Gasteiger partial charge in [-0.05, 0) is 53.8 Å². The number of aromatic nitrogens is 4. The van der Waals surface area contributed by atoms with Crippen LogP contribution in [-0.4, -0.2) is 48.9 Å². The molecule has 206 valence electrons. The van der Waals surface area contributed by atoms with Gasteiger partial charge in [-0.15, -0.1) is 0 Å². The molecule has 6 rings (SSSR count). The third-order valence-corrected chi connectivity index (χ3v) is 7.60. The van der Waals surface area contributed by atoms with Crippen LogP contribution in [0.15, 0.2) is 91.5 Å². The second-order valence-corrected chi connectivity index (χ2v) is 10.4. The maximum Gasteiger partial charge on any atom is 0.286 e. The smallest absolute Gasteiger partial charge is 0.286 e. The fraction of sp³-hybridized carbons (Fsp3) is 0.188. The van der Waals surface area contributed by atoms with Crippen LogP contribution in [0, 0.1) is 0 Å². The van der Waals surface area contributed by atoms with E-state index in [1.54, 1.807) is 23.3 Å². The van der Waals surface area contributed by atoms with Crippen LogP contribution in [0.3, 0.4) is 0 Å². The molecule has 1 aliphatic rings. The third-order valence-electron chi connectivity index (χ3n) is 7.30. The van der Waals surface area contributed by atoms with Gasteiger partial charge in [0.2, 0.25) is 0 Å². The molecule has 3 aromatic heterocycles. The van der Waals surface area contributed by atoms with Crippen molar-refractivity contribution in [3.63, 3.8) is 0 Å².